The maximum Gasteiger partial charge on any atom is 0.334 e. The zero-order valence-corrected chi connectivity index (χ0v) is 9.46. The molecular weight excluding hydrogens is 180 g/mol. The van der Waals surface area contributed by atoms with Crippen molar-refractivity contribution < 1.29 is 14.6 Å². The molecule has 0 aliphatic rings. The Balaban J connectivity index is 4.35. The summed E-state index contributed by atoms with van der Waals surface area (Å²) >= 11 is 0. The van der Waals surface area contributed by atoms with Gasteiger partial charge in [0, 0.05) is 6.61 Å². The Labute approximate surface area is 85.8 Å². The molecule has 0 radical (unpaired) electrons. The van der Waals surface area contributed by atoms with Crippen molar-refractivity contribution in [2.24, 2.45) is 0 Å². The molecule has 0 unspecified atom stereocenters. The van der Waals surface area contributed by atoms with E-state index in [1.165, 1.54) is 0 Å². The molecule has 0 aromatic rings. The predicted octanol–water partition coefficient (Wildman–Crippen LogP) is 2.61. The summed E-state index contributed by atoms with van der Waals surface area (Å²) in [6, 6.07) is 0. The Kier molecular flexibility index (Phi) is 5.46. The molecule has 0 atom stereocenters. The van der Waals surface area contributed by atoms with Crippen molar-refractivity contribution >= 4 is 5.97 Å². The van der Waals surface area contributed by atoms with Crippen LogP contribution in [0.2, 0.25) is 0 Å². The highest BCUT2D eigenvalue weighted by Crippen LogP contribution is 2.21. The van der Waals surface area contributed by atoms with E-state index in [1.807, 2.05) is 0 Å². The van der Waals surface area contributed by atoms with E-state index in [-0.39, 0.29) is 0 Å². The van der Waals surface area contributed by atoms with E-state index < -0.39 is 11.6 Å². The third-order valence-electron chi connectivity index (χ3n) is 2.13. The first kappa shape index (κ1) is 13.2. The minimum atomic E-state index is -0.908. The highest BCUT2D eigenvalue weighted by molar-refractivity contribution is 5.88. The van der Waals surface area contributed by atoms with E-state index in [1.54, 1.807) is 26.8 Å². The fourth-order valence-electron chi connectivity index (χ4n) is 1.28. The molecule has 0 spiro atoms. The molecule has 0 rings (SSSR count). The Morgan fingerprint density at radius 3 is 2.43 bits per heavy atom. The minimum absolute atomic E-state index is 0.314. The van der Waals surface area contributed by atoms with Gasteiger partial charge in [0.1, 0.15) is 0 Å². The first-order valence-corrected chi connectivity index (χ1v) is 4.99. The van der Waals surface area contributed by atoms with Gasteiger partial charge in [-0.25, -0.2) is 4.79 Å². The van der Waals surface area contributed by atoms with Crippen molar-refractivity contribution in [1.29, 1.82) is 0 Å². The number of carbonyl (C=O) groups is 1. The maximum atomic E-state index is 10.9. The molecule has 3 heteroatoms. The molecule has 0 heterocycles. The summed E-state index contributed by atoms with van der Waals surface area (Å²) in [5.41, 5.74) is -0.385. The van der Waals surface area contributed by atoms with E-state index in [2.05, 4.69) is 6.92 Å². The summed E-state index contributed by atoms with van der Waals surface area (Å²) in [6.45, 7) is 7.96. The molecule has 1 N–H and O–H groups in total. The molecule has 0 aromatic heterocycles. The lowest BCUT2D eigenvalue weighted by atomic mass is 9.97. The van der Waals surface area contributed by atoms with E-state index in [9.17, 15) is 4.79 Å². The van der Waals surface area contributed by atoms with Crippen LogP contribution in [0.1, 0.15) is 40.5 Å². The number of unbranched alkanes of at least 4 members (excludes halogenated alkanes) is 1. The fraction of sp³-hybridized carbons (Fsp3) is 0.727. The van der Waals surface area contributed by atoms with Crippen molar-refractivity contribution in [3.8, 4) is 0 Å². The standard InChI is InChI=1S/C11H20O3/c1-5-7-8-14-11(3,4)9(6-2)10(12)13/h6H,5,7-8H2,1-4H3,(H,12,13). The number of carboxylic acids is 1. The number of aliphatic carboxylic acids is 1. The van der Waals surface area contributed by atoms with Gasteiger partial charge in [0.05, 0.1) is 11.2 Å². The molecule has 3 nitrogen and oxygen atoms in total. The number of ether oxygens (including phenoxy) is 1. The summed E-state index contributed by atoms with van der Waals surface area (Å²) in [5, 5.41) is 8.92. The van der Waals surface area contributed by atoms with E-state index in [0.717, 1.165) is 12.8 Å². The molecule has 0 bridgehead atoms. The summed E-state index contributed by atoms with van der Waals surface area (Å²) in [4.78, 5) is 10.9. The molecule has 0 aromatic carbocycles. The van der Waals surface area contributed by atoms with Crippen molar-refractivity contribution in [1.82, 2.24) is 0 Å². The average molecular weight is 200 g/mol. The lowest BCUT2D eigenvalue weighted by Gasteiger charge is -2.25. The lowest BCUT2D eigenvalue weighted by Crippen LogP contribution is -2.31. The molecule has 0 fully saturated rings. The van der Waals surface area contributed by atoms with Crippen LogP contribution in [0.3, 0.4) is 0 Å². The minimum Gasteiger partial charge on any atom is -0.478 e. The lowest BCUT2D eigenvalue weighted by molar-refractivity contribution is -0.135. The molecule has 0 amide bonds. The third-order valence-corrected chi connectivity index (χ3v) is 2.13. The summed E-state index contributed by atoms with van der Waals surface area (Å²) in [6.07, 6.45) is 3.60. The second-order valence-electron chi connectivity index (χ2n) is 3.72. The van der Waals surface area contributed by atoms with Gasteiger partial charge in [0.25, 0.3) is 0 Å². The topological polar surface area (TPSA) is 46.5 Å². The highest BCUT2D eigenvalue weighted by Gasteiger charge is 2.28. The Morgan fingerprint density at radius 1 is 1.50 bits per heavy atom. The van der Waals surface area contributed by atoms with Crippen LogP contribution < -0.4 is 0 Å². The number of hydrogen-bond donors (Lipinski definition) is 1. The van der Waals surface area contributed by atoms with Crippen LogP contribution >= 0.6 is 0 Å². The molecule has 0 aliphatic heterocycles. The third kappa shape index (κ3) is 3.92. The molecule has 0 saturated heterocycles. The van der Waals surface area contributed by atoms with Crippen LogP contribution in [-0.2, 0) is 9.53 Å². The van der Waals surface area contributed by atoms with Gasteiger partial charge in [0.2, 0.25) is 0 Å². The second-order valence-corrected chi connectivity index (χ2v) is 3.72. The Morgan fingerprint density at radius 2 is 2.07 bits per heavy atom. The smallest absolute Gasteiger partial charge is 0.334 e. The van der Waals surface area contributed by atoms with Crippen LogP contribution in [0.5, 0.6) is 0 Å². The van der Waals surface area contributed by atoms with Gasteiger partial charge >= 0.3 is 5.97 Å². The largest absolute Gasteiger partial charge is 0.478 e. The van der Waals surface area contributed by atoms with Gasteiger partial charge in [-0.3, -0.25) is 0 Å². The van der Waals surface area contributed by atoms with Crippen molar-refractivity contribution in [3.05, 3.63) is 11.6 Å². The molecule has 82 valence electrons. The summed E-state index contributed by atoms with van der Waals surface area (Å²) in [5.74, 6) is -0.908. The monoisotopic (exact) mass is 200 g/mol. The number of rotatable bonds is 6. The van der Waals surface area contributed by atoms with Gasteiger partial charge in [-0.05, 0) is 27.2 Å². The fourth-order valence-corrected chi connectivity index (χ4v) is 1.28. The van der Waals surface area contributed by atoms with Gasteiger partial charge in [-0.1, -0.05) is 19.4 Å². The van der Waals surface area contributed by atoms with Crippen LogP contribution in [-0.4, -0.2) is 23.3 Å². The van der Waals surface area contributed by atoms with E-state index in [0.29, 0.717) is 12.2 Å². The summed E-state index contributed by atoms with van der Waals surface area (Å²) in [7, 11) is 0. The Hall–Kier alpha value is -0.830. The quantitative estimate of drug-likeness (QED) is 0.529. The van der Waals surface area contributed by atoms with Gasteiger partial charge in [0.15, 0.2) is 0 Å². The second kappa shape index (κ2) is 5.81. The van der Waals surface area contributed by atoms with Crippen molar-refractivity contribution in [2.75, 3.05) is 6.61 Å². The molecular formula is C11H20O3. The first-order valence-electron chi connectivity index (χ1n) is 4.99. The van der Waals surface area contributed by atoms with Crippen LogP contribution in [0.4, 0.5) is 0 Å². The molecule has 0 aliphatic carbocycles. The Bertz CT molecular complexity index is 217. The first-order chi connectivity index (χ1) is 6.45. The van der Waals surface area contributed by atoms with Crippen LogP contribution in [0.15, 0.2) is 11.6 Å². The molecule has 14 heavy (non-hydrogen) atoms. The maximum absolute atomic E-state index is 10.9. The normalized spacial score (nSPS) is 13.0. The molecule has 0 saturated carbocycles. The van der Waals surface area contributed by atoms with E-state index in [4.69, 9.17) is 9.84 Å². The highest BCUT2D eigenvalue weighted by atomic mass is 16.5. The number of hydrogen-bond acceptors (Lipinski definition) is 2. The summed E-state index contributed by atoms with van der Waals surface area (Å²) < 4.78 is 5.54. The van der Waals surface area contributed by atoms with Gasteiger partial charge in [-0.15, -0.1) is 0 Å². The van der Waals surface area contributed by atoms with Crippen molar-refractivity contribution in [3.63, 3.8) is 0 Å². The van der Waals surface area contributed by atoms with Crippen LogP contribution in [0, 0.1) is 0 Å². The number of carboxylic acid groups (broad SMARTS) is 1. The van der Waals surface area contributed by atoms with Gasteiger partial charge < -0.3 is 9.84 Å². The number of allylic oxidation sites excluding steroid dienone is 1. The average Bonchev–Trinajstić information content (AvgIpc) is 2.04. The van der Waals surface area contributed by atoms with Gasteiger partial charge in [-0.2, -0.15) is 0 Å². The van der Waals surface area contributed by atoms with Crippen LogP contribution in [0.25, 0.3) is 0 Å². The van der Waals surface area contributed by atoms with E-state index >= 15 is 0 Å². The SMILES string of the molecule is CC=C(C(=O)O)C(C)(C)OCCCC. The zero-order valence-electron chi connectivity index (χ0n) is 9.46. The van der Waals surface area contributed by atoms with Crippen molar-refractivity contribution in [2.45, 2.75) is 46.1 Å². The predicted molar refractivity (Wildman–Crippen MR) is 56.3 cm³/mol. The zero-order chi connectivity index (χ0) is 11.2.